The van der Waals surface area contributed by atoms with E-state index in [-0.39, 0.29) is 23.7 Å². The van der Waals surface area contributed by atoms with Crippen LogP contribution in [0, 0.1) is 0 Å². The summed E-state index contributed by atoms with van der Waals surface area (Å²) in [6.07, 6.45) is 4.87. The lowest BCUT2D eigenvalue weighted by molar-refractivity contribution is -0.117. The molecule has 216 valence electrons. The van der Waals surface area contributed by atoms with Crippen LogP contribution in [-0.4, -0.2) is 88.3 Å². The third kappa shape index (κ3) is 8.44. The van der Waals surface area contributed by atoms with Crippen LogP contribution in [0.4, 0.5) is 0 Å². The molecule has 0 saturated carbocycles. The number of nitrogens with zero attached hydrogens (tertiary/aromatic N) is 4. The molecule has 0 spiro atoms. The Hall–Kier alpha value is -2.10. The largest absolute Gasteiger partial charge is 0.392 e. The van der Waals surface area contributed by atoms with Crippen LogP contribution in [0.1, 0.15) is 51.2 Å². The highest BCUT2D eigenvalue weighted by molar-refractivity contribution is 6.31. The molecule has 1 amide bonds. The molecular formula is C29H44Cl2N6O2. The van der Waals surface area contributed by atoms with Crippen LogP contribution in [0.15, 0.2) is 47.2 Å². The lowest BCUT2D eigenvalue weighted by Crippen LogP contribution is -2.60. The van der Waals surface area contributed by atoms with Gasteiger partial charge in [-0.25, -0.2) is 4.99 Å². The molecule has 0 aromatic heterocycles. The Balaban J connectivity index is 1.63. The van der Waals surface area contributed by atoms with E-state index in [1.54, 1.807) is 13.0 Å². The van der Waals surface area contributed by atoms with Gasteiger partial charge in [0.1, 0.15) is 11.7 Å². The highest BCUT2D eigenvalue weighted by Gasteiger charge is 2.34. The van der Waals surface area contributed by atoms with Crippen molar-refractivity contribution in [1.82, 2.24) is 20.0 Å². The molecule has 2 atom stereocenters. The van der Waals surface area contributed by atoms with Gasteiger partial charge in [-0.2, -0.15) is 0 Å². The number of halogens is 2. The van der Waals surface area contributed by atoms with Crippen molar-refractivity contribution in [1.29, 1.82) is 0 Å². The van der Waals surface area contributed by atoms with Crippen molar-refractivity contribution in [3.8, 4) is 0 Å². The van der Waals surface area contributed by atoms with E-state index in [9.17, 15) is 9.90 Å². The van der Waals surface area contributed by atoms with Crippen molar-refractivity contribution < 1.29 is 9.90 Å². The van der Waals surface area contributed by atoms with Crippen molar-refractivity contribution in [2.45, 2.75) is 70.6 Å². The number of rotatable bonds is 10. The van der Waals surface area contributed by atoms with Crippen molar-refractivity contribution in [2.24, 2.45) is 10.7 Å². The Labute approximate surface area is 243 Å². The maximum Gasteiger partial charge on any atom is 0.250 e. The van der Waals surface area contributed by atoms with E-state index in [2.05, 4.69) is 38.5 Å². The van der Waals surface area contributed by atoms with Crippen LogP contribution in [0.5, 0.6) is 0 Å². The number of nitrogens with two attached hydrogens (primary N) is 1. The summed E-state index contributed by atoms with van der Waals surface area (Å²) in [5.41, 5.74) is 8.64. The summed E-state index contributed by atoms with van der Waals surface area (Å²) in [4.78, 5) is 24.3. The normalized spacial score (nSPS) is 21.4. The van der Waals surface area contributed by atoms with Gasteiger partial charge in [-0.3, -0.25) is 14.6 Å². The third-order valence-corrected chi connectivity index (χ3v) is 8.24. The summed E-state index contributed by atoms with van der Waals surface area (Å²) in [6.45, 7) is 15.2. The number of benzene rings is 1. The van der Waals surface area contributed by atoms with Gasteiger partial charge in [0, 0.05) is 49.8 Å². The molecule has 10 heteroatoms. The van der Waals surface area contributed by atoms with E-state index in [4.69, 9.17) is 28.9 Å². The number of piperazine rings is 1. The molecule has 2 saturated heterocycles. The van der Waals surface area contributed by atoms with E-state index < -0.39 is 0 Å². The number of hydrogen-bond acceptors (Lipinski definition) is 6. The summed E-state index contributed by atoms with van der Waals surface area (Å²) in [6, 6.07) is 6.70. The Morgan fingerprint density at radius 3 is 2.62 bits per heavy atom. The number of amides is 1. The second kappa shape index (κ2) is 15.1. The van der Waals surface area contributed by atoms with E-state index in [1.165, 1.54) is 0 Å². The van der Waals surface area contributed by atoms with Gasteiger partial charge in [-0.05, 0) is 69.5 Å². The summed E-state index contributed by atoms with van der Waals surface area (Å²) in [5, 5.41) is 12.8. The zero-order valence-electron chi connectivity index (χ0n) is 23.5. The fourth-order valence-corrected chi connectivity index (χ4v) is 5.88. The SMILES string of the molecule is C=CCNC(=O)/C(C)=C(N)/N=C(\C(C)Cl)N1CCN(C2CCN(Cc3ccc(Cl)cc3CO)CC2)[C@@H](CC)C1. The number of alkyl halides is 1. The zero-order valence-corrected chi connectivity index (χ0v) is 25.0. The van der Waals surface area contributed by atoms with Gasteiger partial charge in [0.2, 0.25) is 0 Å². The number of amidine groups is 1. The van der Waals surface area contributed by atoms with Crippen molar-refractivity contribution >= 4 is 34.9 Å². The molecule has 0 bridgehead atoms. The van der Waals surface area contributed by atoms with Gasteiger partial charge in [0.25, 0.3) is 5.91 Å². The minimum atomic E-state index is -0.337. The fraction of sp³-hybridized carbons (Fsp3) is 0.586. The van der Waals surface area contributed by atoms with Crippen molar-refractivity contribution in [2.75, 3.05) is 39.3 Å². The lowest BCUT2D eigenvalue weighted by atomic mass is 9.97. The molecule has 39 heavy (non-hydrogen) atoms. The standard InChI is InChI=1S/C29H44Cl2N6O2/c1-5-11-33-29(39)20(3)27(32)34-28(21(4)30)36-14-15-37(25(6-2)18-36)26-9-12-35(13-10-26)17-22-7-8-24(31)16-23(22)19-38/h5,7-8,16,21,25-26,38H,1,6,9-15,17-19,32H2,2-4H3,(H,33,39)/b27-20+,34-28+/t21?,25-/m0/s1. The molecule has 0 radical (unpaired) electrons. The number of hydrogen-bond donors (Lipinski definition) is 3. The molecule has 2 fully saturated rings. The van der Waals surface area contributed by atoms with Crippen LogP contribution >= 0.6 is 23.2 Å². The molecule has 4 N–H and O–H groups in total. The topological polar surface area (TPSA) is 97.4 Å². The number of aliphatic hydroxyl groups excluding tert-OH is 1. The number of carbonyl (C=O) groups excluding carboxylic acids is 1. The molecule has 0 aliphatic carbocycles. The average Bonchev–Trinajstić information content (AvgIpc) is 2.94. The quantitative estimate of drug-likeness (QED) is 0.129. The first-order valence-corrected chi connectivity index (χ1v) is 14.7. The van der Waals surface area contributed by atoms with Gasteiger partial charge in [-0.1, -0.05) is 30.7 Å². The molecule has 2 aliphatic heterocycles. The monoisotopic (exact) mass is 578 g/mol. The van der Waals surface area contributed by atoms with Gasteiger partial charge in [-0.15, -0.1) is 18.2 Å². The molecule has 1 aromatic carbocycles. The van der Waals surface area contributed by atoms with E-state index in [0.717, 1.165) is 69.7 Å². The lowest BCUT2D eigenvalue weighted by Gasteiger charge is -2.48. The number of nitrogens with one attached hydrogen (secondary N) is 1. The van der Waals surface area contributed by atoms with Crippen molar-refractivity contribution in [3.05, 3.63) is 58.4 Å². The van der Waals surface area contributed by atoms with Gasteiger partial charge in [0.15, 0.2) is 0 Å². The van der Waals surface area contributed by atoms with Crippen LogP contribution in [-0.2, 0) is 17.9 Å². The molecule has 2 aliphatic rings. The van der Waals surface area contributed by atoms with E-state index in [1.807, 2.05) is 25.1 Å². The Kier molecular flexibility index (Phi) is 12.1. The third-order valence-electron chi connectivity index (χ3n) is 7.80. The first kappa shape index (κ1) is 31.4. The molecule has 1 unspecified atom stereocenters. The highest BCUT2D eigenvalue weighted by atomic mass is 35.5. The second-order valence-electron chi connectivity index (χ2n) is 10.4. The van der Waals surface area contributed by atoms with Crippen LogP contribution < -0.4 is 11.1 Å². The first-order chi connectivity index (χ1) is 18.7. The predicted molar refractivity (Wildman–Crippen MR) is 161 cm³/mol. The predicted octanol–water partition coefficient (Wildman–Crippen LogP) is 3.71. The highest BCUT2D eigenvalue weighted by Crippen LogP contribution is 2.26. The van der Waals surface area contributed by atoms with Gasteiger partial charge >= 0.3 is 0 Å². The second-order valence-corrected chi connectivity index (χ2v) is 11.5. The Morgan fingerprint density at radius 2 is 2.00 bits per heavy atom. The number of aliphatic hydroxyl groups is 1. The van der Waals surface area contributed by atoms with Crippen molar-refractivity contribution in [3.63, 3.8) is 0 Å². The fourth-order valence-electron chi connectivity index (χ4n) is 5.50. The number of carbonyl (C=O) groups is 1. The van der Waals surface area contributed by atoms with Gasteiger partial charge < -0.3 is 21.1 Å². The molecule has 1 aromatic rings. The minimum absolute atomic E-state index is 0.00451. The number of likely N-dealkylation sites (tertiary alicyclic amines) is 1. The van der Waals surface area contributed by atoms with Crippen LogP contribution in [0.25, 0.3) is 0 Å². The maximum atomic E-state index is 12.3. The van der Waals surface area contributed by atoms with E-state index >= 15 is 0 Å². The molecule has 8 nitrogen and oxygen atoms in total. The van der Waals surface area contributed by atoms with Crippen LogP contribution in [0.2, 0.25) is 5.02 Å². The Morgan fingerprint density at radius 1 is 1.28 bits per heavy atom. The molecular weight excluding hydrogens is 535 g/mol. The summed E-state index contributed by atoms with van der Waals surface area (Å²) < 4.78 is 0. The maximum absolute atomic E-state index is 12.3. The minimum Gasteiger partial charge on any atom is -0.392 e. The molecule has 2 heterocycles. The van der Waals surface area contributed by atoms with Crippen LogP contribution in [0.3, 0.4) is 0 Å². The average molecular weight is 580 g/mol. The Bertz CT molecular complexity index is 1050. The zero-order chi connectivity index (χ0) is 28.5. The summed E-state index contributed by atoms with van der Waals surface area (Å²) in [5.74, 6) is 0.636. The number of aliphatic imine (C=N–C) groups is 1. The smallest absolute Gasteiger partial charge is 0.250 e. The first-order valence-electron chi connectivity index (χ1n) is 13.9. The summed E-state index contributed by atoms with van der Waals surface area (Å²) in [7, 11) is 0. The number of piperidine rings is 1. The van der Waals surface area contributed by atoms with Gasteiger partial charge in [0.05, 0.1) is 17.6 Å². The molecule has 3 rings (SSSR count). The summed E-state index contributed by atoms with van der Waals surface area (Å²) >= 11 is 12.7. The van der Waals surface area contributed by atoms with E-state index in [0.29, 0.717) is 35.1 Å².